The van der Waals surface area contributed by atoms with Crippen molar-refractivity contribution in [2.75, 3.05) is 0 Å². The van der Waals surface area contributed by atoms with Gasteiger partial charge in [0.15, 0.2) is 5.78 Å². The van der Waals surface area contributed by atoms with E-state index in [4.69, 9.17) is 4.74 Å². The number of carbonyl (C=O) groups is 2. The number of carbonyl (C=O) groups excluding carboxylic acids is 2. The van der Waals surface area contributed by atoms with E-state index < -0.39 is 17.5 Å². The van der Waals surface area contributed by atoms with Crippen LogP contribution in [0.3, 0.4) is 0 Å². The Bertz CT molecular complexity index is 509. The van der Waals surface area contributed by atoms with Crippen LogP contribution >= 0.6 is 0 Å². The minimum Gasteiger partial charge on any atom is -0.459 e. The van der Waals surface area contributed by atoms with Gasteiger partial charge < -0.3 is 4.74 Å². The molecule has 1 atom stereocenters. The van der Waals surface area contributed by atoms with Crippen molar-refractivity contribution in [1.29, 1.82) is 0 Å². The van der Waals surface area contributed by atoms with Crippen LogP contribution in [0.15, 0.2) is 18.2 Å². The zero-order valence-corrected chi connectivity index (χ0v) is 11.2. The van der Waals surface area contributed by atoms with Crippen LogP contribution in [0.2, 0.25) is 0 Å². The van der Waals surface area contributed by atoms with Crippen molar-refractivity contribution in [3.8, 4) is 0 Å². The molecule has 0 aromatic heterocycles. The average molecular weight is 246 g/mol. The third-order valence-electron chi connectivity index (χ3n) is 2.96. The molecule has 1 aliphatic carbocycles. The van der Waals surface area contributed by atoms with E-state index in [2.05, 4.69) is 0 Å². The summed E-state index contributed by atoms with van der Waals surface area (Å²) in [5.74, 6) is -1.19. The van der Waals surface area contributed by atoms with Crippen LogP contribution in [0.25, 0.3) is 0 Å². The first-order valence-electron chi connectivity index (χ1n) is 6.14. The van der Waals surface area contributed by atoms with Gasteiger partial charge in [0.2, 0.25) is 0 Å². The molecular weight excluding hydrogens is 228 g/mol. The summed E-state index contributed by atoms with van der Waals surface area (Å²) in [6.45, 7) is 7.40. The number of benzene rings is 1. The van der Waals surface area contributed by atoms with Gasteiger partial charge in [-0.3, -0.25) is 9.59 Å². The van der Waals surface area contributed by atoms with Crippen molar-refractivity contribution in [3.63, 3.8) is 0 Å². The Morgan fingerprint density at radius 3 is 2.61 bits per heavy atom. The molecule has 0 spiro atoms. The Labute approximate surface area is 107 Å². The number of ether oxygens (including phenoxy) is 1. The summed E-state index contributed by atoms with van der Waals surface area (Å²) in [7, 11) is 0. The van der Waals surface area contributed by atoms with Gasteiger partial charge in [-0.15, -0.1) is 0 Å². The summed E-state index contributed by atoms with van der Waals surface area (Å²) < 4.78 is 5.29. The van der Waals surface area contributed by atoms with Crippen LogP contribution in [0.1, 0.15) is 42.3 Å². The Balaban J connectivity index is 2.21. The number of Topliss-reactive ketones (excluding diaryl/α,β-unsaturated/α-hetero) is 1. The maximum absolute atomic E-state index is 12.1. The van der Waals surface area contributed by atoms with E-state index in [-0.39, 0.29) is 5.78 Å². The van der Waals surface area contributed by atoms with Crippen molar-refractivity contribution >= 4 is 11.8 Å². The Hall–Kier alpha value is -1.64. The van der Waals surface area contributed by atoms with Crippen LogP contribution in [0, 0.1) is 12.8 Å². The molecule has 96 valence electrons. The fourth-order valence-corrected chi connectivity index (χ4v) is 2.20. The molecule has 0 saturated carbocycles. The van der Waals surface area contributed by atoms with Crippen molar-refractivity contribution in [2.24, 2.45) is 5.92 Å². The minimum absolute atomic E-state index is 0.112. The van der Waals surface area contributed by atoms with Gasteiger partial charge in [0.25, 0.3) is 0 Å². The number of hydrogen-bond donors (Lipinski definition) is 0. The van der Waals surface area contributed by atoms with Gasteiger partial charge in [0.05, 0.1) is 0 Å². The minimum atomic E-state index is -0.666. The molecular formula is C15H18O3. The highest BCUT2D eigenvalue weighted by atomic mass is 16.6. The largest absolute Gasteiger partial charge is 0.459 e. The van der Waals surface area contributed by atoms with E-state index in [0.717, 1.165) is 11.1 Å². The molecule has 0 heterocycles. The molecule has 1 aromatic rings. The summed E-state index contributed by atoms with van der Waals surface area (Å²) in [6, 6.07) is 5.67. The lowest BCUT2D eigenvalue weighted by molar-refractivity contribution is -0.157. The van der Waals surface area contributed by atoms with Crippen molar-refractivity contribution in [2.45, 2.75) is 39.7 Å². The first kappa shape index (κ1) is 12.8. The summed E-state index contributed by atoms with van der Waals surface area (Å²) in [6.07, 6.45) is 0.463. The Morgan fingerprint density at radius 1 is 1.33 bits per heavy atom. The zero-order chi connectivity index (χ0) is 13.5. The molecule has 0 bridgehead atoms. The quantitative estimate of drug-likeness (QED) is 0.565. The smallest absolute Gasteiger partial charge is 0.317 e. The summed E-state index contributed by atoms with van der Waals surface area (Å²) in [5.41, 5.74) is 2.17. The van der Waals surface area contributed by atoms with Gasteiger partial charge in [-0.1, -0.05) is 23.8 Å². The highest BCUT2D eigenvalue weighted by molar-refractivity contribution is 6.12. The number of esters is 1. The maximum Gasteiger partial charge on any atom is 0.317 e. The standard InChI is InChI=1S/C15H18O3/c1-9-5-6-11-10(7-9)8-12(13(11)16)14(17)18-15(2,3)4/h5-7,12H,8H2,1-4H3. The third kappa shape index (κ3) is 2.45. The zero-order valence-electron chi connectivity index (χ0n) is 11.2. The van der Waals surface area contributed by atoms with E-state index in [0.29, 0.717) is 12.0 Å². The van der Waals surface area contributed by atoms with E-state index in [1.165, 1.54) is 0 Å². The molecule has 0 radical (unpaired) electrons. The number of rotatable bonds is 1. The summed E-state index contributed by atoms with van der Waals surface area (Å²) >= 11 is 0. The van der Waals surface area contributed by atoms with Crippen molar-refractivity contribution < 1.29 is 14.3 Å². The number of hydrogen-bond acceptors (Lipinski definition) is 3. The lowest BCUT2D eigenvalue weighted by atomic mass is 10.1. The predicted molar refractivity (Wildman–Crippen MR) is 68.5 cm³/mol. The molecule has 0 aliphatic heterocycles. The molecule has 0 N–H and O–H groups in total. The van der Waals surface area contributed by atoms with Crippen LogP contribution in [0.5, 0.6) is 0 Å². The molecule has 0 saturated heterocycles. The number of aryl methyl sites for hydroxylation is 1. The van der Waals surface area contributed by atoms with Gasteiger partial charge in [-0.2, -0.15) is 0 Å². The van der Waals surface area contributed by atoms with Gasteiger partial charge >= 0.3 is 5.97 Å². The monoisotopic (exact) mass is 246 g/mol. The van der Waals surface area contributed by atoms with E-state index in [9.17, 15) is 9.59 Å². The lowest BCUT2D eigenvalue weighted by Crippen LogP contribution is -2.31. The molecule has 0 amide bonds. The molecule has 1 aliphatic rings. The van der Waals surface area contributed by atoms with Gasteiger partial charge in [-0.05, 0) is 39.7 Å². The molecule has 0 fully saturated rings. The van der Waals surface area contributed by atoms with E-state index >= 15 is 0 Å². The van der Waals surface area contributed by atoms with Gasteiger partial charge in [0.1, 0.15) is 11.5 Å². The second kappa shape index (κ2) is 4.23. The average Bonchev–Trinajstić information content (AvgIpc) is 2.53. The van der Waals surface area contributed by atoms with Crippen molar-refractivity contribution in [1.82, 2.24) is 0 Å². The molecule has 3 nitrogen and oxygen atoms in total. The second-order valence-electron chi connectivity index (χ2n) is 5.82. The fourth-order valence-electron chi connectivity index (χ4n) is 2.20. The third-order valence-corrected chi connectivity index (χ3v) is 2.96. The highest BCUT2D eigenvalue weighted by Gasteiger charge is 2.38. The van der Waals surface area contributed by atoms with Gasteiger partial charge in [-0.25, -0.2) is 0 Å². The molecule has 3 heteroatoms. The van der Waals surface area contributed by atoms with Crippen LogP contribution in [-0.2, 0) is 16.0 Å². The van der Waals surface area contributed by atoms with Gasteiger partial charge in [0, 0.05) is 5.56 Å². The second-order valence-corrected chi connectivity index (χ2v) is 5.82. The fraction of sp³-hybridized carbons (Fsp3) is 0.467. The summed E-state index contributed by atoms with van der Waals surface area (Å²) in [4.78, 5) is 24.1. The first-order chi connectivity index (χ1) is 8.28. The normalized spacial score (nSPS) is 18.7. The number of fused-ring (bicyclic) bond motifs is 1. The first-order valence-corrected chi connectivity index (χ1v) is 6.14. The van der Waals surface area contributed by atoms with Crippen LogP contribution in [-0.4, -0.2) is 17.4 Å². The molecule has 1 aromatic carbocycles. The SMILES string of the molecule is Cc1ccc2c(c1)CC(C(=O)OC(C)(C)C)C2=O. The maximum atomic E-state index is 12.1. The molecule has 18 heavy (non-hydrogen) atoms. The topological polar surface area (TPSA) is 43.4 Å². The van der Waals surface area contributed by atoms with Crippen LogP contribution < -0.4 is 0 Å². The Kier molecular flexibility index (Phi) is 3.01. The van der Waals surface area contributed by atoms with Crippen LogP contribution in [0.4, 0.5) is 0 Å². The highest BCUT2D eigenvalue weighted by Crippen LogP contribution is 2.29. The Morgan fingerprint density at radius 2 is 2.00 bits per heavy atom. The summed E-state index contributed by atoms with van der Waals surface area (Å²) in [5, 5.41) is 0. The van der Waals surface area contributed by atoms with Crippen molar-refractivity contribution in [3.05, 3.63) is 34.9 Å². The predicted octanol–water partition coefficient (Wildman–Crippen LogP) is 2.69. The molecule has 1 unspecified atom stereocenters. The molecule has 2 rings (SSSR count). The lowest BCUT2D eigenvalue weighted by Gasteiger charge is -2.21. The van der Waals surface area contributed by atoms with E-state index in [1.807, 2.05) is 39.8 Å². The number of ketones is 1. The van der Waals surface area contributed by atoms with E-state index in [1.54, 1.807) is 6.07 Å².